The molecule has 0 spiro atoms. The minimum atomic E-state index is -3.66. The average Bonchev–Trinajstić information content (AvgIpc) is 2.58. The Balaban J connectivity index is 2.07. The van der Waals surface area contributed by atoms with E-state index in [4.69, 9.17) is 0 Å². The van der Waals surface area contributed by atoms with Crippen LogP contribution in [0.1, 0.15) is 12.6 Å². The number of sulfonamides is 1. The van der Waals surface area contributed by atoms with Gasteiger partial charge in [-0.2, -0.15) is 0 Å². The lowest BCUT2D eigenvalue weighted by atomic mass is 10.2. The number of benzene rings is 1. The first kappa shape index (κ1) is 19.4. The van der Waals surface area contributed by atoms with Gasteiger partial charge in [0.1, 0.15) is 6.54 Å². The van der Waals surface area contributed by atoms with E-state index in [0.717, 1.165) is 10.6 Å². The summed E-state index contributed by atoms with van der Waals surface area (Å²) in [6, 6.07) is 11.5. The number of pyridine rings is 1. The molecule has 0 aliphatic rings. The van der Waals surface area contributed by atoms with Crippen LogP contribution in [0.15, 0.2) is 48.7 Å². The van der Waals surface area contributed by atoms with Gasteiger partial charge in [0.25, 0.3) is 0 Å². The summed E-state index contributed by atoms with van der Waals surface area (Å²) < 4.78 is 25.1. The number of carbonyl (C=O) groups is 2. The summed E-state index contributed by atoms with van der Waals surface area (Å²) in [5.41, 5.74) is 1.54. The van der Waals surface area contributed by atoms with Crippen molar-refractivity contribution in [3.8, 4) is 0 Å². The van der Waals surface area contributed by atoms with E-state index >= 15 is 0 Å². The lowest BCUT2D eigenvalue weighted by Gasteiger charge is -2.22. The quantitative estimate of drug-likeness (QED) is 0.753. The lowest BCUT2D eigenvalue weighted by Crippen LogP contribution is -2.40. The number of rotatable bonds is 7. The Morgan fingerprint density at radius 3 is 2.35 bits per heavy atom. The molecule has 1 aromatic carbocycles. The van der Waals surface area contributed by atoms with Gasteiger partial charge in [-0.25, -0.2) is 8.42 Å². The summed E-state index contributed by atoms with van der Waals surface area (Å²) in [4.78, 5) is 27.3. The van der Waals surface area contributed by atoms with Crippen molar-refractivity contribution in [2.45, 2.75) is 13.5 Å². The Morgan fingerprint density at radius 2 is 1.81 bits per heavy atom. The minimum Gasteiger partial charge on any atom is -0.349 e. The Bertz CT molecular complexity index is 867. The van der Waals surface area contributed by atoms with Crippen LogP contribution in [0.25, 0.3) is 0 Å². The molecule has 9 heteroatoms. The molecule has 0 fully saturated rings. The maximum Gasteiger partial charge on any atom is 0.241 e. The second-order valence-electron chi connectivity index (χ2n) is 5.60. The van der Waals surface area contributed by atoms with Crippen LogP contribution < -0.4 is 14.9 Å². The monoisotopic (exact) mass is 376 g/mol. The number of amides is 2. The number of hydrogen-bond acceptors (Lipinski definition) is 5. The van der Waals surface area contributed by atoms with Gasteiger partial charge in [0, 0.05) is 18.8 Å². The first-order chi connectivity index (χ1) is 12.3. The number of nitrogens with one attached hydrogen (secondary N) is 2. The molecule has 8 nitrogen and oxygen atoms in total. The molecule has 0 unspecified atom stereocenters. The van der Waals surface area contributed by atoms with Crippen molar-refractivity contribution < 1.29 is 18.0 Å². The maximum atomic E-state index is 12.2. The SMILES string of the molecule is CC(=O)Nc1ccc(N(CC(=O)NCc2ccccn2)S(C)(=O)=O)cc1. The highest BCUT2D eigenvalue weighted by molar-refractivity contribution is 7.92. The molecule has 0 bridgehead atoms. The molecule has 138 valence electrons. The molecule has 0 atom stereocenters. The summed E-state index contributed by atoms with van der Waals surface area (Å²) in [5, 5.41) is 5.24. The van der Waals surface area contributed by atoms with Crippen LogP contribution in [0.4, 0.5) is 11.4 Å². The van der Waals surface area contributed by atoms with Crippen molar-refractivity contribution in [2.75, 3.05) is 22.4 Å². The Kier molecular flexibility index (Phi) is 6.29. The molecule has 1 aromatic heterocycles. The predicted octanol–water partition coefficient (Wildman–Crippen LogP) is 1.12. The number of carbonyl (C=O) groups excluding carboxylic acids is 2. The first-order valence-electron chi connectivity index (χ1n) is 7.77. The van der Waals surface area contributed by atoms with Gasteiger partial charge in [0.05, 0.1) is 24.2 Å². The van der Waals surface area contributed by atoms with E-state index < -0.39 is 15.9 Å². The number of anilines is 2. The van der Waals surface area contributed by atoms with Crippen molar-refractivity contribution in [3.05, 3.63) is 54.4 Å². The van der Waals surface area contributed by atoms with Gasteiger partial charge >= 0.3 is 0 Å². The second-order valence-corrected chi connectivity index (χ2v) is 7.50. The molecule has 0 radical (unpaired) electrons. The zero-order valence-corrected chi connectivity index (χ0v) is 15.3. The minimum absolute atomic E-state index is 0.207. The van der Waals surface area contributed by atoms with Crippen LogP contribution in [-0.4, -0.2) is 38.0 Å². The van der Waals surface area contributed by atoms with E-state index in [1.54, 1.807) is 36.5 Å². The standard InChI is InChI=1S/C17H20N4O4S/c1-13(22)20-14-6-8-16(9-7-14)21(26(2,24)25)12-17(23)19-11-15-5-3-4-10-18-15/h3-10H,11-12H2,1-2H3,(H,19,23)(H,20,22). The van der Waals surface area contributed by atoms with Crippen molar-refractivity contribution in [1.82, 2.24) is 10.3 Å². The normalized spacial score (nSPS) is 10.8. The molecule has 2 amide bonds. The Morgan fingerprint density at radius 1 is 1.12 bits per heavy atom. The predicted molar refractivity (Wildman–Crippen MR) is 99.0 cm³/mol. The molecule has 2 rings (SSSR count). The molecule has 2 N–H and O–H groups in total. The van der Waals surface area contributed by atoms with Crippen LogP contribution in [0, 0.1) is 0 Å². The van der Waals surface area contributed by atoms with Crippen LogP contribution in [0.5, 0.6) is 0 Å². The van der Waals surface area contributed by atoms with Crippen LogP contribution in [-0.2, 0) is 26.2 Å². The van der Waals surface area contributed by atoms with Gasteiger partial charge in [0.15, 0.2) is 0 Å². The number of aromatic nitrogens is 1. The van der Waals surface area contributed by atoms with E-state index in [1.807, 2.05) is 0 Å². The van der Waals surface area contributed by atoms with Gasteiger partial charge in [0.2, 0.25) is 21.8 Å². The molecular weight excluding hydrogens is 356 g/mol. The zero-order valence-electron chi connectivity index (χ0n) is 14.5. The fourth-order valence-corrected chi connectivity index (χ4v) is 3.05. The largest absolute Gasteiger partial charge is 0.349 e. The zero-order chi connectivity index (χ0) is 19.2. The van der Waals surface area contributed by atoms with E-state index in [-0.39, 0.29) is 19.0 Å². The smallest absolute Gasteiger partial charge is 0.241 e. The first-order valence-corrected chi connectivity index (χ1v) is 9.62. The van der Waals surface area contributed by atoms with Crippen LogP contribution in [0.3, 0.4) is 0 Å². The lowest BCUT2D eigenvalue weighted by molar-refractivity contribution is -0.119. The number of nitrogens with zero attached hydrogens (tertiary/aromatic N) is 2. The van der Waals surface area contributed by atoms with Crippen molar-refractivity contribution >= 4 is 33.2 Å². The van der Waals surface area contributed by atoms with Crippen molar-refractivity contribution in [1.29, 1.82) is 0 Å². The second kappa shape index (κ2) is 8.43. The van der Waals surface area contributed by atoms with Gasteiger partial charge < -0.3 is 10.6 Å². The van der Waals surface area contributed by atoms with E-state index in [1.165, 1.54) is 19.1 Å². The van der Waals surface area contributed by atoms with Crippen LogP contribution in [0.2, 0.25) is 0 Å². The fourth-order valence-electron chi connectivity index (χ4n) is 2.19. The van der Waals surface area contributed by atoms with Crippen LogP contribution >= 0.6 is 0 Å². The van der Waals surface area contributed by atoms with E-state index in [2.05, 4.69) is 15.6 Å². The van der Waals surface area contributed by atoms with Crippen molar-refractivity contribution in [3.63, 3.8) is 0 Å². The van der Waals surface area contributed by atoms with Gasteiger partial charge in [-0.3, -0.25) is 18.9 Å². The third kappa shape index (κ3) is 5.85. The van der Waals surface area contributed by atoms with Gasteiger partial charge in [-0.15, -0.1) is 0 Å². The molecule has 0 aliphatic heterocycles. The average molecular weight is 376 g/mol. The van der Waals surface area contributed by atoms with Gasteiger partial charge in [-0.1, -0.05) is 6.07 Å². The summed E-state index contributed by atoms with van der Waals surface area (Å²) in [6.07, 6.45) is 2.64. The molecule has 0 saturated heterocycles. The Labute approximate surface area is 152 Å². The highest BCUT2D eigenvalue weighted by Gasteiger charge is 2.20. The molecule has 2 aromatic rings. The summed E-state index contributed by atoms with van der Waals surface area (Å²) in [6.45, 7) is 1.23. The highest BCUT2D eigenvalue weighted by Crippen LogP contribution is 2.20. The summed E-state index contributed by atoms with van der Waals surface area (Å²) in [7, 11) is -3.66. The molecule has 1 heterocycles. The molecular formula is C17H20N4O4S. The fraction of sp³-hybridized carbons (Fsp3) is 0.235. The molecule has 0 aliphatic carbocycles. The topological polar surface area (TPSA) is 108 Å². The summed E-state index contributed by atoms with van der Waals surface area (Å²) >= 11 is 0. The molecule has 26 heavy (non-hydrogen) atoms. The van der Waals surface area contributed by atoms with Crippen molar-refractivity contribution in [2.24, 2.45) is 0 Å². The molecule has 0 saturated carbocycles. The van der Waals surface area contributed by atoms with E-state index in [9.17, 15) is 18.0 Å². The highest BCUT2D eigenvalue weighted by atomic mass is 32.2. The van der Waals surface area contributed by atoms with E-state index in [0.29, 0.717) is 17.1 Å². The number of hydrogen-bond donors (Lipinski definition) is 2. The summed E-state index contributed by atoms with van der Waals surface area (Å²) in [5.74, 6) is -0.682. The maximum absolute atomic E-state index is 12.2. The Hall–Kier alpha value is -2.94. The third-order valence-corrected chi connectivity index (χ3v) is 4.50. The van der Waals surface area contributed by atoms with Gasteiger partial charge in [-0.05, 0) is 36.4 Å². The third-order valence-electron chi connectivity index (χ3n) is 3.36.